The lowest BCUT2D eigenvalue weighted by Crippen LogP contribution is -2.54. The zero-order valence-corrected chi connectivity index (χ0v) is 17.4. The number of carbonyl (C=O) groups excluding carboxylic acids is 3. The first kappa shape index (κ1) is 21.3. The Morgan fingerprint density at radius 1 is 0.966 bits per heavy atom. The molecular formula is C22H31N3O4. The Morgan fingerprint density at radius 3 is 2.31 bits per heavy atom. The number of piperidine rings is 1. The highest BCUT2D eigenvalue weighted by molar-refractivity contribution is 5.94. The molecule has 2 heterocycles. The number of likely N-dealkylation sites (tertiary alicyclic amines) is 1. The van der Waals surface area contributed by atoms with E-state index in [0.717, 1.165) is 25.9 Å². The van der Waals surface area contributed by atoms with Gasteiger partial charge in [-0.25, -0.2) is 0 Å². The van der Waals surface area contributed by atoms with Crippen molar-refractivity contribution in [3.05, 3.63) is 29.8 Å². The van der Waals surface area contributed by atoms with Crippen LogP contribution in [0.1, 0.15) is 43.5 Å². The highest BCUT2D eigenvalue weighted by Gasteiger charge is 2.28. The molecule has 7 heteroatoms. The molecule has 2 aliphatic heterocycles. The van der Waals surface area contributed by atoms with Crippen LogP contribution in [-0.4, -0.2) is 84.2 Å². The van der Waals surface area contributed by atoms with E-state index in [1.165, 1.54) is 13.3 Å². The van der Waals surface area contributed by atoms with Crippen molar-refractivity contribution in [2.24, 2.45) is 0 Å². The van der Waals surface area contributed by atoms with E-state index in [2.05, 4.69) is 4.90 Å². The van der Waals surface area contributed by atoms with Crippen molar-refractivity contribution >= 4 is 17.6 Å². The molecule has 2 fully saturated rings. The van der Waals surface area contributed by atoms with Gasteiger partial charge in [0.15, 0.2) is 11.9 Å². The summed E-state index contributed by atoms with van der Waals surface area (Å²) in [4.78, 5) is 42.6. The molecular weight excluding hydrogens is 370 g/mol. The molecule has 1 aromatic carbocycles. The standard InChI is InChI=1S/C22H31N3O4/c1-17(26)19-7-6-8-20(15-19)29-18(2)22(28)25-13-11-23(12-14-25)16-21(27)24-9-4-3-5-10-24/h6-8,15,18H,3-5,9-14,16H2,1-2H3. The molecule has 0 saturated carbocycles. The first-order valence-corrected chi connectivity index (χ1v) is 10.5. The molecule has 0 bridgehead atoms. The van der Waals surface area contributed by atoms with Crippen LogP contribution in [0.4, 0.5) is 0 Å². The summed E-state index contributed by atoms with van der Waals surface area (Å²) in [6.07, 6.45) is 2.78. The van der Waals surface area contributed by atoms with Gasteiger partial charge in [0.2, 0.25) is 5.91 Å². The van der Waals surface area contributed by atoms with Gasteiger partial charge in [-0.05, 0) is 45.2 Å². The van der Waals surface area contributed by atoms with Gasteiger partial charge >= 0.3 is 0 Å². The molecule has 29 heavy (non-hydrogen) atoms. The topological polar surface area (TPSA) is 70.2 Å². The SMILES string of the molecule is CC(=O)c1cccc(OC(C)C(=O)N2CCN(CC(=O)N3CCCCC3)CC2)c1. The molecule has 1 atom stereocenters. The highest BCUT2D eigenvalue weighted by Crippen LogP contribution is 2.17. The summed E-state index contributed by atoms with van der Waals surface area (Å²) in [6, 6.07) is 6.89. The van der Waals surface area contributed by atoms with Crippen LogP contribution < -0.4 is 4.74 Å². The van der Waals surface area contributed by atoms with Crippen molar-refractivity contribution in [1.82, 2.24) is 14.7 Å². The molecule has 0 aromatic heterocycles. The molecule has 2 amide bonds. The Labute approximate surface area is 172 Å². The van der Waals surface area contributed by atoms with E-state index in [4.69, 9.17) is 4.74 Å². The number of hydrogen-bond donors (Lipinski definition) is 0. The second kappa shape index (κ2) is 9.87. The second-order valence-electron chi connectivity index (χ2n) is 7.89. The van der Waals surface area contributed by atoms with E-state index in [1.54, 1.807) is 36.1 Å². The third kappa shape index (κ3) is 5.79. The molecule has 1 unspecified atom stereocenters. The third-order valence-electron chi connectivity index (χ3n) is 5.65. The lowest BCUT2D eigenvalue weighted by Gasteiger charge is -2.36. The quantitative estimate of drug-likeness (QED) is 0.680. The van der Waals surface area contributed by atoms with E-state index < -0.39 is 6.10 Å². The maximum absolute atomic E-state index is 12.7. The molecule has 0 N–H and O–H groups in total. The molecule has 2 aliphatic rings. The van der Waals surface area contributed by atoms with E-state index in [0.29, 0.717) is 44.0 Å². The first-order chi connectivity index (χ1) is 13.9. The number of ketones is 1. The van der Waals surface area contributed by atoms with Crippen molar-refractivity contribution in [1.29, 1.82) is 0 Å². The lowest BCUT2D eigenvalue weighted by atomic mass is 10.1. The second-order valence-corrected chi connectivity index (χ2v) is 7.89. The van der Waals surface area contributed by atoms with Crippen molar-refractivity contribution in [2.45, 2.75) is 39.2 Å². The van der Waals surface area contributed by atoms with Crippen LogP contribution in [0.15, 0.2) is 24.3 Å². The number of ether oxygens (including phenoxy) is 1. The minimum atomic E-state index is -0.626. The van der Waals surface area contributed by atoms with E-state index in [9.17, 15) is 14.4 Å². The predicted octanol–water partition coefficient (Wildman–Crippen LogP) is 1.81. The van der Waals surface area contributed by atoms with Crippen LogP contribution in [-0.2, 0) is 9.59 Å². The minimum Gasteiger partial charge on any atom is -0.481 e. The Bertz CT molecular complexity index is 737. The molecule has 2 saturated heterocycles. The normalized spacial score (nSPS) is 19.0. The highest BCUT2D eigenvalue weighted by atomic mass is 16.5. The van der Waals surface area contributed by atoms with Crippen LogP contribution in [0.5, 0.6) is 5.75 Å². The number of carbonyl (C=O) groups is 3. The Hall–Kier alpha value is -2.41. The van der Waals surface area contributed by atoms with E-state index in [1.807, 2.05) is 4.90 Å². The molecule has 1 aromatic rings. The number of hydrogen-bond acceptors (Lipinski definition) is 5. The van der Waals surface area contributed by atoms with Crippen LogP contribution in [0.25, 0.3) is 0 Å². The van der Waals surface area contributed by atoms with E-state index in [-0.39, 0.29) is 17.6 Å². The van der Waals surface area contributed by atoms with Crippen molar-refractivity contribution in [2.75, 3.05) is 45.8 Å². The monoisotopic (exact) mass is 401 g/mol. The Kier molecular flexibility index (Phi) is 7.25. The predicted molar refractivity (Wildman–Crippen MR) is 110 cm³/mol. The van der Waals surface area contributed by atoms with Crippen LogP contribution in [0.2, 0.25) is 0 Å². The number of Topliss-reactive ketones (excluding diaryl/α,β-unsaturated/α-hetero) is 1. The van der Waals surface area contributed by atoms with Gasteiger partial charge in [-0.15, -0.1) is 0 Å². The Balaban J connectivity index is 1.46. The minimum absolute atomic E-state index is 0.0374. The van der Waals surface area contributed by atoms with Crippen LogP contribution in [0.3, 0.4) is 0 Å². The lowest BCUT2D eigenvalue weighted by molar-refractivity contribution is -0.140. The zero-order valence-electron chi connectivity index (χ0n) is 17.4. The summed E-state index contributed by atoms with van der Waals surface area (Å²) in [5.74, 6) is 0.612. The summed E-state index contributed by atoms with van der Waals surface area (Å²) in [5, 5.41) is 0. The Morgan fingerprint density at radius 2 is 1.66 bits per heavy atom. The van der Waals surface area contributed by atoms with Crippen LogP contribution >= 0.6 is 0 Å². The van der Waals surface area contributed by atoms with Gasteiger partial charge in [-0.3, -0.25) is 19.3 Å². The third-order valence-corrected chi connectivity index (χ3v) is 5.65. The average molecular weight is 402 g/mol. The summed E-state index contributed by atoms with van der Waals surface area (Å²) >= 11 is 0. The molecule has 0 aliphatic carbocycles. The number of amides is 2. The molecule has 0 radical (unpaired) electrons. The number of benzene rings is 1. The van der Waals surface area contributed by atoms with Gasteiger partial charge in [0, 0.05) is 44.8 Å². The van der Waals surface area contributed by atoms with Gasteiger partial charge in [0.1, 0.15) is 5.75 Å². The van der Waals surface area contributed by atoms with Gasteiger partial charge < -0.3 is 14.5 Å². The fourth-order valence-corrected chi connectivity index (χ4v) is 3.86. The number of rotatable bonds is 6. The summed E-state index contributed by atoms with van der Waals surface area (Å²) in [7, 11) is 0. The average Bonchev–Trinajstić information content (AvgIpc) is 2.74. The number of piperazine rings is 1. The number of nitrogens with zero attached hydrogens (tertiary/aromatic N) is 3. The molecule has 158 valence electrons. The van der Waals surface area contributed by atoms with Crippen molar-refractivity contribution in [3.8, 4) is 5.75 Å². The van der Waals surface area contributed by atoms with E-state index >= 15 is 0 Å². The summed E-state index contributed by atoms with van der Waals surface area (Å²) in [6.45, 7) is 7.98. The van der Waals surface area contributed by atoms with Crippen molar-refractivity contribution in [3.63, 3.8) is 0 Å². The van der Waals surface area contributed by atoms with Gasteiger partial charge in [0.25, 0.3) is 5.91 Å². The summed E-state index contributed by atoms with van der Waals surface area (Å²) in [5.41, 5.74) is 0.564. The maximum atomic E-state index is 12.7. The van der Waals surface area contributed by atoms with Gasteiger partial charge in [-0.1, -0.05) is 12.1 Å². The zero-order chi connectivity index (χ0) is 20.8. The van der Waals surface area contributed by atoms with Crippen molar-refractivity contribution < 1.29 is 19.1 Å². The fourth-order valence-electron chi connectivity index (χ4n) is 3.86. The molecule has 7 nitrogen and oxygen atoms in total. The van der Waals surface area contributed by atoms with Gasteiger partial charge in [-0.2, -0.15) is 0 Å². The molecule has 3 rings (SSSR count). The first-order valence-electron chi connectivity index (χ1n) is 10.5. The maximum Gasteiger partial charge on any atom is 0.263 e. The smallest absolute Gasteiger partial charge is 0.263 e. The fraction of sp³-hybridized carbons (Fsp3) is 0.591. The van der Waals surface area contributed by atoms with Gasteiger partial charge in [0.05, 0.1) is 6.54 Å². The molecule has 0 spiro atoms. The largest absolute Gasteiger partial charge is 0.481 e. The van der Waals surface area contributed by atoms with Crippen LogP contribution in [0, 0.1) is 0 Å². The summed E-state index contributed by atoms with van der Waals surface area (Å²) < 4.78 is 5.77.